The molecular weight excluding hydrogens is 280 g/mol. The highest BCUT2D eigenvalue weighted by Gasteiger charge is 2.12. The highest BCUT2D eigenvalue weighted by Crippen LogP contribution is 2.28. The van der Waals surface area contributed by atoms with Crippen molar-refractivity contribution in [2.24, 2.45) is 0 Å². The zero-order valence-corrected chi connectivity index (χ0v) is 14.1. The van der Waals surface area contributed by atoms with Crippen LogP contribution in [-0.4, -0.2) is 38.8 Å². The van der Waals surface area contributed by atoms with Gasteiger partial charge in [-0.25, -0.2) is 0 Å². The van der Waals surface area contributed by atoms with Crippen molar-refractivity contribution >= 4 is 5.91 Å². The maximum Gasteiger partial charge on any atom is 0.251 e. The molecule has 0 aliphatic rings. The summed E-state index contributed by atoms with van der Waals surface area (Å²) < 4.78 is 11.4. The molecule has 1 atom stereocenters. The second kappa shape index (κ2) is 10.1. The molecule has 5 heteroatoms. The van der Waals surface area contributed by atoms with Crippen molar-refractivity contribution in [1.29, 1.82) is 0 Å². The zero-order valence-electron chi connectivity index (χ0n) is 14.1. The number of likely N-dealkylation sites (N-methyl/N-ethyl adjacent to an activating group) is 1. The van der Waals surface area contributed by atoms with Gasteiger partial charge in [0, 0.05) is 18.2 Å². The largest absolute Gasteiger partial charge is 0.490 e. The minimum absolute atomic E-state index is 0.106. The SMILES string of the molecule is CCCOc1ccc(C(=O)NCC(C)NC)cc1OCCC. The molecule has 2 N–H and O–H groups in total. The van der Waals surface area contributed by atoms with Gasteiger partial charge < -0.3 is 20.1 Å². The fraction of sp³-hybridized carbons (Fsp3) is 0.588. The molecule has 1 rings (SSSR count). The summed E-state index contributed by atoms with van der Waals surface area (Å²) in [5.41, 5.74) is 0.582. The molecule has 1 unspecified atom stereocenters. The van der Waals surface area contributed by atoms with Gasteiger partial charge in [-0.3, -0.25) is 4.79 Å². The number of hydrogen-bond donors (Lipinski definition) is 2. The first-order valence-electron chi connectivity index (χ1n) is 7.97. The van der Waals surface area contributed by atoms with Crippen LogP contribution in [0.15, 0.2) is 18.2 Å². The van der Waals surface area contributed by atoms with Crippen molar-refractivity contribution in [3.8, 4) is 11.5 Å². The molecule has 0 fully saturated rings. The first kappa shape index (κ1) is 18.3. The summed E-state index contributed by atoms with van der Waals surface area (Å²) in [5.74, 6) is 1.21. The zero-order chi connectivity index (χ0) is 16.4. The van der Waals surface area contributed by atoms with Gasteiger partial charge in [-0.15, -0.1) is 0 Å². The van der Waals surface area contributed by atoms with Crippen LogP contribution in [-0.2, 0) is 0 Å². The van der Waals surface area contributed by atoms with Crippen LogP contribution in [0.3, 0.4) is 0 Å². The van der Waals surface area contributed by atoms with E-state index in [9.17, 15) is 4.79 Å². The standard InChI is InChI=1S/C17H28N2O3/c1-5-9-21-15-8-7-14(11-16(15)22-10-6-2)17(20)19-12-13(3)18-4/h7-8,11,13,18H,5-6,9-10,12H2,1-4H3,(H,19,20). The van der Waals surface area contributed by atoms with E-state index < -0.39 is 0 Å². The smallest absolute Gasteiger partial charge is 0.251 e. The number of nitrogens with one attached hydrogen (secondary N) is 2. The molecular formula is C17H28N2O3. The Morgan fingerprint density at radius 2 is 1.77 bits per heavy atom. The van der Waals surface area contributed by atoms with E-state index in [4.69, 9.17) is 9.47 Å². The van der Waals surface area contributed by atoms with Crippen molar-refractivity contribution in [3.05, 3.63) is 23.8 Å². The Kier molecular flexibility index (Phi) is 8.36. The van der Waals surface area contributed by atoms with Crippen LogP contribution < -0.4 is 20.1 Å². The summed E-state index contributed by atoms with van der Waals surface area (Å²) in [6.45, 7) is 7.92. The lowest BCUT2D eigenvalue weighted by Crippen LogP contribution is -2.37. The number of carbonyl (C=O) groups is 1. The first-order chi connectivity index (χ1) is 10.6. The third kappa shape index (κ3) is 5.93. The molecule has 0 radical (unpaired) electrons. The van der Waals surface area contributed by atoms with E-state index in [1.54, 1.807) is 18.2 Å². The Morgan fingerprint density at radius 1 is 1.14 bits per heavy atom. The average molecular weight is 308 g/mol. The van der Waals surface area contributed by atoms with Crippen molar-refractivity contribution in [2.75, 3.05) is 26.8 Å². The fourth-order valence-corrected chi connectivity index (χ4v) is 1.76. The van der Waals surface area contributed by atoms with Crippen LogP contribution in [0.25, 0.3) is 0 Å². The van der Waals surface area contributed by atoms with Crippen LogP contribution in [0, 0.1) is 0 Å². The van der Waals surface area contributed by atoms with E-state index in [0.29, 0.717) is 36.8 Å². The Hall–Kier alpha value is -1.75. The van der Waals surface area contributed by atoms with Crippen molar-refractivity contribution in [1.82, 2.24) is 10.6 Å². The summed E-state index contributed by atoms with van der Waals surface area (Å²) in [6.07, 6.45) is 1.83. The molecule has 0 saturated heterocycles. The number of carbonyl (C=O) groups excluding carboxylic acids is 1. The van der Waals surface area contributed by atoms with Gasteiger partial charge in [0.1, 0.15) is 0 Å². The number of amides is 1. The number of rotatable bonds is 10. The molecule has 22 heavy (non-hydrogen) atoms. The highest BCUT2D eigenvalue weighted by molar-refractivity contribution is 5.94. The van der Waals surface area contributed by atoms with Gasteiger partial charge in [0.25, 0.3) is 5.91 Å². The summed E-state index contributed by atoms with van der Waals surface area (Å²) in [4.78, 5) is 12.2. The van der Waals surface area contributed by atoms with Crippen LogP contribution in [0.1, 0.15) is 44.0 Å². The summed E-state index contributed by atoms with van der Waals surface area (Å²) in [5, 5.41) is 5.98. The van der Waals surface area contributed by atoms with Gasteiger partial charge in [-0.1, -0.05) is 13.8 Å². The maximum absolute atomic E-state index is 12.2. The van der Waals surface area contributed by atoms with Crippen LogP contribution in [0.2, 0.25) is 0 Å². The van der Waals surface area contributed by atoms with E-state index in [1.807, 2.05) is 20.9 Å². The second-order valence-corrected chi connectivity index (χ2v) is 5.26. The molecule has 124 valence electrons. The maximum atomic E-state index is 12.2. The minimum atomic E-state index is -0.106. The normalized spacial score (nSPS) is 11.8. The second-order valence-electron chi connectivity index (χ2n) is 5.26. The van der Waals surface area contributed by atoms with Crippen molar-refractivity contribution in [2.45, 2.75) is 39.7 Å². The molecule has 1 aromatic carbocycles. The van der Waals surface area contributed by atoms with Gasteiger partial charge in [-0.05, 0) is 45.0 Å². The summed E-state index contributed by atoms with van der Waals surface area (Å²) in [6, 6.07) is 5.55. The Morgan fingerprint density at radius 3 is 2.36 bits per heavy atom. The molecule has 0 aromatic heterocycles. The lowest BCUT2D eigenvalue weighted by Gasteiger charge is -2.15. The van der Waals surface area contributed by atoms with Gasteiger partial charge in [-0.2, -0.15) is 0 Å². The van der Waals surface area contributed by atoms with Gasteiger partial charge >= 0.3 is 0 Å². The summed E-state index contributed by atoms with van der Waals surface area (Å²) in [7, 11) is 1.87. The fourth-order valence-electron chi connectivity index (χ4n) is 1.76. The molecule has 1 amide bonds. The minimum Gasteiger partial charge on any atom is -0.490 e. The van der Waals surface area contributed by atoms with E-state index in [-0.39, 0.29) is 11.9 Å². The van der Waals surface area contributed by atoms with Gasteiger partial charge in [0.05, 0.1) is 13.2 Å². The molecule has 0 heterocycles. The van der Waals surface area contributed by atoms with E-state index >= 15 is 0 Å². The van der Waals surface area contributed by atoms with Crippen molar-refractivity contribution < 1.29 is 14.3 Å². The predicted molar refractivity (Wildman–Crippen MR) is 88.9 cm³/mol. The topological polar surface area (TPSA) is 59.6 Å². The molecule has 5 nitrogen and oxygen atoms in total. The van der Waals surface area contributed by atoms with E-state index in [2.05, 4.69) is 17.6 Å². The quantitative estimate of drug-likeness (QED) is 0.697. The third-order valence-corrected chi connectivity index (χ3v) is 3.19. The highest BCUT2D eigenvalue weighted by atomic mass is 16.5. The molecule has 1 aromatic rings. The molecule has 0 spiro atoms. The molecule has 0 aliphatic heterocycles. The molecule has 0 saturated carbocycles. The lowest BCUT2D eigenvalue weighted by molar-refractivity contribution is 0.0950. The Bertz CT molecular complexity index is 463. The van der Waals surface area contributed by atoms with E-state index in [0.717, 1.165) is 12.8 Å². The average Bonchev–Trinajstić information content (AvgIpc) is 2.55. The van der Waals surface area contributed by atoms with Crippen LogP contribution in [0.5, 0.6) is 11.5 Å². The van der Waals surface area contributed by atoms with E-state index in [1.165, 1.54) is 0 Å². The Labute approximate surface area is 133 Å². The molecule has 0 bridgehead atoms. The number of ether oxygens (including phenoxy) is 2. The third-order valence-electron chi connectivity index (χ3n) is 3.19. The van der Waals surface area contributed by atoms with Gasteiger partial charge in [0.2, 0.25) is 0 Å². The van der Waals surface area contributed by atoms with Gasteiger partial charge in [0.15, 0.2) is 11.5 Å². The first-order valence-corrected chi connectivity index (χ1v) is 7.97. The number of hydrogen-bond acceptors (Lipinski definition) is 4. The van der Waals surface area contributed by atoms with Crippen molar-refractivity contribution in [3.63, 3.8) is 0 Å². The van der Waals surface area contributed by atoms with Crippen LogP contribution in [0.4, 0.5) is 0 Å². The number of benzene rings is 1. The monoisotopic (exact) mass is 308 g/mol. The van der Waals surface area contributed by atoms with Crippen LogP contribution >= 0.6 is 0 Å². The summed E-state index contributed by atoms with van der Waals surface area (Å²) >= 11 is 0. The Balaban J connectivity index is 2.80. The lowest BCUT2D eigenvalue weighted by atomic mass is 10.2. The predicted octanol–water partition coefficient (Wildman–Crippen LogP) is 2.60. The molecule has 0 aliphatic carbocycles.